The van der Waals surface area contributed by atoms with E-state index >= 15 is 0 Å². The van der Waals surface area contributed by atoms with Gasteiger partial charge in [-0.25, -0.2) is 0 Å². The Hall–Kier alpha value is -2.13. The summed E-state index contributed by atoms with van der Waals surface area (Å²) in [5.74, 6) is 0. The van der Waals surface area contributed by atoms with Crippen LogP contribution in [-0.4, -0.2) is 9.97 Å². The lowest BCUT2D eigenvalue weighted by Crippen LogP contribution is -2.21. The van der Waals surface area contributed by atoms with Crippen LogP contribution < -0.4 is 5.32 Å². The summed E-state index contributed by atoms with van der Waals surface area (Å²) in [4.78, 5) is 4.17. The Balaban J connectivity index is 1.69. The number of nitrogens with one attached hydrogen (secondary N) is 2. The number of thiocarbonyl (C=S) groups is 1. The molecule has 0 amide bonds. The average molecular weight is 280 g/mol. The number of aryl methyl sites for hydroxylation is 1. The van der Waals surface area contributed by atoms with Gasteiger partial charge in [0.2, 0.25) is 0 Å². The summed E-state index contributed by atoms with van der Waals surface area (Å²) in [5, 5.41) is 4.52. The summed E-state index contributed by atoms with van der Waals surface area (Å²) >= 11 is 5.42. The fourth-order valence-electron chi connectivity index (χ4n) is 2.21. The number of aromatic amines is 1. The first-order valence-electron chi connectivity index (χ1n) is 6.64. The van der Waals surface area contributed by atoms with Crippen LogP contribution in [0, 0.1) is 6.92 Å². The Morgan fingerprint density at radius 2 is 1.85 bits per heavy atom. The second kappa shape index (κ2) is 5.47. The minimum atomic E-state index is 0.710. The molecule has 0 bridgehead atoms. The van der Waals surface area contributed by atoms with Crippen molar-refractivity contribution in [2.45, 2.75) is 13.5 Å². The van der Waals surface area contributed by atoms with Gasteiger partial charge in [0.25, 0.3) is 0 Å². The van der Waals surface area contributed by atoms with Crippen LogP contribution in [0.3, 0.4) is 0 Å². The van der Waals surface area contributed by atoms with Gasteiger partial charge in [-0.3, -0.25) is 0 Å². The van der Waals surface area contributed by atoms with Crippen LogP contribution in [0.1, 0.15) is 16.8 Å². The minimum Gasteiger partial charge on any atom is -0.370 e. The van der Waals surface area contributed by atoms with E-state index in [1.807, 2.05) is 12.1 Å². The number of aromatic nitrogens is 1. The molecule has 3 aromatic rings. The van der Waals surface area contributed by atoms with Gasteiger partial charge < -0.3 is 10.3 Å². The third-order valence-electron chi connectivity index (χ3n) is 3.34. The van der Waals surface area contributed by atoms with Gasteiger partial charge in [0, 0.05) is 16.8 Å². The molecule has 2 N–H and O–H groups in total. The maximum Gasteiger partial charge on any atom is 0.106 e. The van der Waals surface area contributed by atoms with Crippen molar-refractivity contribution >= 4 is 28.1 Å². The van der Waals surface area contributed by atoms with Crippen molar-refractivity contribution < 1.29 is 0 Å². The van der Waals surface area contributed by atoms with Crippen LogP contribution in [-0.2, 0) is 6.54 Å². The zero-order chi connectivity index (χ0) is 13.9. The Labute approximate surface area is 123 Å². The van der Waals surface area contributed by atoms with Crippen molar-refractivity contribution in [2.24, 2.45) is 0 Å². The lowest BCUT2D eigenvalue weighted by molar-refractivity contribution is 0.899. The first kappa shape index (κ1) is 12.9. The molecule has 0 unspecified atom stereocenters. The fourth-order valence-corrected chi connectivity index (χ4v) is 2.42. The van der Waals surface area contributed by atoms with Crippen molar-refractivity contribution in [3.8, 4) is 0 Å². The Morgan fingerprint density at radius 1 is 1.10 bits per heavy atom. The van der Waals surface area contributed by atoms with Crippen molar-refractivity contribution in [1.29, 1.82) is 0 Å². The monoisotopic (exact) mass is 280 g/mol. The van der Waals surface area contributed by atoms with E-state index in [0.717, 1.165) is 21.8 Å². The van der Waals surface area contributed by atoms with Crippen LogP contribution in [0.15, 0.2) is 54.6 Å². The number of H-pyrrole nitrogens is 1. The summed E-state index contributed by atoms with van der Waals surface area (Å²) in [6, 6.07) is 18.7. The summed E-state index contributed by atoms with van der Waals surface area (Å²) in [5.41, 5.74) is 4.60. The number of hydrogen-bond donors (Lipinski definition) is 2. The number of fused-ring (bicyclic) bond motifs is 1. The molecule has 2 nitrogen and oxygen atoms in total. The van der Waals surface area contributed by atoms with E-state index in [9.17, 15) is 0 Å². The summed E-state index contributed by atoms with van der Waals surface area (Å²) in [6.07, 6.45) is 0. The van der Waals surface area contributed by atoms with Crippen molar-refractivity contribution in [1.82, 2.24) is 10.3 Å². The average Bonchev–Trinajstić information content (AvgIpc) is 2.88. The van der Waals surface area contributed by atoms with E-state index in [1.165, 1.54) is 10.9 Å². The van der Waals surface area contributed by atoms with Crippen LogP contribution in [0.25, 0.3) is 10.9 Å². The molecule has 0 atom stereocenters. The van der Waals surface area contributed by atoms with Gasteiger partial charge in [-0.2, -0.15) is 0 Å². The van der Waals surface area contributed by atoms with Gasteiger partial charge in [0.1, 0.15) is 4.99 Å². The highest BCUT2D eigenvalue weighted by atomic mass is 32.1. The molecule has 0 aliphatic heterocycles. The molecule has 0 saturated heterocycles. The topological polar surface area (TPSA) is 27.8 Å². The summed E-state index contributed by atoms with van der Waals surface area (Å²) in [6.45, 7) is 2.78. The molecule has 3 rings (SSSR count). The highest BCUT2D eigenvalue weighted by Gasteiger charge is 2.03. The normalized spacial score (nSPS) is 10.7. The Bertz CT molecular complexity index is 708. The molecule has 1 aromatic heterocycles. The Kier molecular flexibility index (Phi) is 3.52. The molecule has 20 heavy (non-hydrogen) atoms. The standard InChI is InChI=1S/C17H16N2S/c1-12-6-8-13(9-7-12)17(20)18-11-15-10-14-4-2-3-5-16(14)19-15/h2-10,19H,11H2,1H3,(H,18,20). The smallest absolute Gasteiger partial charge is 0.106 e. The zero-order valence-corrected chi connectivity index (χ0v) is 12.1. The molecule has 1 heterocycles. The number of rotatable bonds is 3. The van der Waals surface area contributed by atoms with Gasteiger partial charge in [0.15, 0.2) is 0 Å². The number of benzene rings is 2. The Morgan fingerprint density at radius 3 is 2.60 bits per heavy atom. The highest BCUT2D eigenvalue weighted by Crippen LogP contribution is 2.14. The lowest BCUT2D eigenvalue weighted by atomic mass is 10.1. The van der Waals surface area contributed by atoms with Gasteiger partial charge in [-0.15, -0.1) is 0 Å². The van der Waals surface area contributed by atoms with Crippen LogP contribution in [0.2, 0.25) is 0 Å². The largest absolute Gasteiger partial charge is 0.370 e. The molecule has 3 heteroatoms. The second-order valence-corrected chi connectivity index (χ2v) is 5.34. The maximum absolute atomic E-state index is 5.42. The SMILES string of the molecule is Cc1ccc(C(=S)NCc2cc3ccccc3[nH]2)cc1. The van der Waals surface area contributed by atoms with Gasteiger partial charge >= 0.3 is 0 Å². The van der Waals surface area contributed by atoms with E-state index in [-0.39, 0.29) is 0 Å². The van der Waals surface area contributed by atoms with Gasteiger partial charge in [-0.05, 0) is 24.4 Å². The maximum atomic E-state index is 5.42. The first-order chi connectivity index (χ1) is 9.72. The molecule has 0 aliphatic rings. The second-order valence-electron chi connectivity index (χ2n) is 4.93. The van der Waals surface area contributed by atoms with Crippen LogP contribution in [0.5, 0.6) is 0 Å². The predicted octanol–water partition coefficient (Wildman–Crippen LogP) is 3.94. The highest BCUT2D eigenvalue weighted by molar-refractivity contribution is 7.80. The van der Waals surface area contributed by atoms with Crippen LogP contribution >= 0.6 is 12.2 Å². The van der Waals surface area contributed by atoms with Crippen molar-refractivity contribution in [3.63, 3.8) is 0 Å². The van der Waals surface area contributed by atoms with E-state index in [4.69, 9.17) is 12.2 Å². The lowest BCUT2D eigenvalue weighted by Gasteiger charge is -2.07. The molecule has 0 radical (unpaired) electrons. The van der Waals surface area contributed by atoms with Gasteiger partial charge in [-0.1, -0.05) is 60.2 Å². The van der Waals surface area contributed by atoms with E-state index < -0.39 is 0 Å². The third kappa shape index (κ3) is 2.73. The zero-order valence-electron chi connectivity index (χ0n) is 11.3. The number of hydrogen-bond acceptors (Lipinski definition) is 1. The van der Waals surface area contributed by atoms with E-state index in [0.29, 0.717) is 6.54 Å². The van der Waals surface area contributed by atoms with Crippen molar-refractivity contribution in [2.75, 3.05) is 0 Å². The molecule has 2 aromatic carbocycles. The molecule has 0 saturated carbocycles. The van der Waals surface area contributed by atoms with E-state index in [2.05, 4.69) is 59.7 Å². The third-order valence-corrected chi connectivity index (χ3v) is 3.72. The number of para-hydroxylation sites is 1. The molecular formula is C17H16N2S. The molecule has 100 valence electrons. The molecule has 0 fully saturated rings. The summed E-state index contributed by atoms with van der Waals surface area (Å²) < 4.78 is 0. The fraction of sp³-hybridized carbons (Fsp3) is 0.118. The molecule has 0 aliphatic carbocycles. The molecule has 0 spiro atoms. The minimum absolute atomic E-state index is 0.710. The van der Waals surface area contributed by atoms with Gasteiger partial charge in [0.05, 0.1) is 6.54 Å². The predicted molar refractivity (Wildman–Crippen MR) is 88.0 cm³/mol. The van der Waals surface area contributed by atoms with Crippen molar-refractivity contribution in [3.05, 3.63) is 71.4 Å². The van der Waals surface area contributed by atoms with Crippen LogP contribution in [0.4, 0.5) is 0 Å². The first-order valence-corrected chi connectivity index (χ1v) is 7.05. The van der Waals surface area contributed by atoms with E-state index in [1.54, 1.807) is 0 Å². The summed E-state index contributed by atoms with van der Waals surface area (Å²) in [7, 11) is 0. The quantitative estimate of drug-likeness (QED) is 0.711. The molecular weight excluding hydrogens is 264 g/mol.